The fourth-order valence-corrected chi connectivity index (χ4v) is 1.30. The second kappa shape index (κ2) is 6.06. The van der Waals surface area contributed by atoms with Gasteiger partial charge in [-0.05, 0) is 4.57 Å². The minimum Gasteiger partial charge on any atom is -0.467 e. The van der Waals surface area contributed by atoms with Crippen LogP contribution in [0.2, 0.25) is 0 Å². The summed E-state index contributed by atoms with van der Waals surface area (Å²) in [6.45, 7) is 0. The zero-order valence-electron chi connectivity index (χ0n) is 7.27. The number of hydrogen-bond acceptors (Lipinski definition) is 5. The minimum absolute atomic E-state index is 0.0228. The maximum absolute atomic E-state index is 10.9. The largest absolute Gasteiger partial charge is 0.511 e. The molecule has 0 aromatic carbocycles. The summed E-state index contributed by atoms with van der Waals surface area (Å²) in [5.74, 6) is -0.544. The van der Waals surface area contributed by atoms with E-state index in [2.05, 4.69) is 9.26 Å². The average Bonchev–Trinajstić information content (AvgIpc) is 2.12. The third-order valence-electron chi connectivity index (χ3n) is 1.27. The molecule has 70 valence electrons. The maximum Gasteiger partial charge on any atom is 0.511 e. The first-order valence-corrected chi connectivity index (χ1v) is 4.61. The van der Waals surface area contributed by atoms with E-state index in [-0.39, 0.29) is 6.16 Å². The number of ether oxygens (including phenoxy) is 2. The monoisotopic (exact) mass is 195 g/mol. The molecule has 0 spiro atoms. The van der Waals surface area contributed by atoms with Gasteiger partial charge in [-0.1, -0.05) is 0 Å². The minimum atomic E-state index is -1.84. The normalized spacial score (nSPS) is 13.8. The number of methoxy groups -OCH3 is 2. The molecule has 0 fully saturated rings. The van der Waals surface area contributed by atoms with Crippen LogP contribution in [-0.2, 0) is 23.4 Å². The van der Waals surface area contributed by atoms with Crippen molar-refractivity contribution in [3.05, 3.63) is 0 Å². The number of rotatable bonds is 5. The highest BCUT2D eigenvalue weighted by Gasteiger charge is 2.30. The Labute approximate surface area is 71.9 Å². The summed E-state index contributed by atoms with van der Waals surface area (Å²) in [4.78, 5) is 10.9. The fourth-order valence-electron chi connectivity index (χ4n) is 0.587. The molecule has 0 saturated carbocycles. The van der Waals surface area contributed by atoms with Crippen LogP contribution in [0.1, 0.15) is 0 Å². The average molecular weight is 195 g/mol. The van der Waals surface area contributed by atoms with E-state index >= 15 is 0 Å². The molecule has 2 atom stereocenters. The van der Waals surface area contributed by atoms with Gasteiger partial charge in [-0.15, -0.1) is 4.52 Å². The molecule has 0 aliphatic rings. The predicted molar refractivity (Wildman–Crippen MR) is 42.3 cm³/mol. The molecule has 5 nitrogen and oxygen atoms in total. The number of hydrogen-bond donors (Lipinski definition) is 0. The molecule has 2 unspecified atom stereocenters. The van der Waals surface area contributed by atoms with Crippen molar-refractivity contribution in [2.45, 2.75) is 6.10 Å². The SMILES string of the molecule is COC(=O)C(C[P+](=O)OC)OC. The van der Waals surface area contributed by atoms with Gasteiger partial charge in [0, 0.05) is 7.11 Å². The van der Waals surface area contributed by atoms with Crippen molar-refractivity contribution >= 4 is 14.0 Å². The van der Waals surface area contributed by atoms with Crippen LogP contribution in [0.4, 0.5) is 0 Å². The smallest absolute Gasteiger partial charge is 0.467 e. The second-order valence-corrected chi connectivity index (χ2v) is 3.34. The van der Waals surface area contributed by atoms with E-state index in [0.717, 1.165) is 0 Å². The van der Waals surface area contributed by atoms with Crippen molar-refractivity contribution in [2.24, 2.45) is 0 Å². The molecule has 0 saturated heterocycles. The van der Waals surface area contributed by atoms with E-state index in [9.17, 15) is 9.36 Å². The van der Waals surface area contributed by atoms with Crippen molar-refractivity contribution in [1.82, 2.24) is 0 Å². The summed E-state index contributed by atoms with van der Waals surface area (Å²) in [5.41, 5.74) is 0. The third-order valence-corrected chi connectivity index (χ3v) is 2.30. The summed E-state index contributed by atoms with van der Waals surface area (Å²) in [5, 5.41) is 0. The zero-order chi connectivity index (χ0) is 9.56. The van der Waals surface area contributed by atoms with Crippen LogP contribution in [-0.4, -0.2) is 39.6 Å². The lowest BCUT2D eigenvalue weighted by atomic mass is 10.4. The van der Waals surface area contributed by atoms with Gasteiger partial charge >= 0.3 is 14.0 Å². The van der Waals surface area contributed by atoms with Gasteiger partial charge in [0.1, 0.15) is 0 Å². The van der Waals surface area contributed by atoms with Crippen LogP contribution in [0.25, 0.3) is 0 Å². The predicted octanol–water partition coefficient (Wildman–Crippen LogP) is 0.563. The first-order chi connectivity index (χ1) is 5.65. The van der Waals surface area contributed by atoms with Crippen molar-refractivity contribution in [3.8, 4) is 0 Å². The van der Waals surface area contributed by atoms with Crippen molar-refractivity contribution in [2.75, 3.05) is 27.5 Å². The number of esters is 1. The molecule has 0 amide bonds. The lowest BCUT2D eigenvalue weighted by molar-refractivity contribution is -0.150. The van der Waals surface area contributed by atoms with Gasteiger partial charge in [0.05, 0.1) is 14.2 Å². The molecule has 0 heterocycles. The number of carbonyl (C=O) groups is 1. The van der Waals surface area contributed by atoms with Gasteiger partial charge in [0.25, 0.3) is 0 Å². The Kier molecular flexibility index (Phi) is 5.80. The van der Waals surface area contributed by atoms with E-state index in [0.29, 0.717) is 0 Å². The van der Waals surface area contributed by atoms with Crippen LogP contribution in [0.5, 0.6) is 0 Å². The Morgan fingerprint density at radius 1 is 1.42 bits per heavy atom. The standard InChI is InChI=1S/C6H12O5P/c1-9-5(6(7)10-2)4-12(8)11-3/h5H,4H2,1-3H3/q+1. The van der Waals surface area contributed by atoms with E-state index in [1.807, 2.05) is 0 Å². The Hall–Kier alpha value is -0.510. The molecule has 0 bridgehead atoms. The van der Waals surface area contributed by atoms with Crippen LogP contribution in [0.15, 0.2) is 0 Å². The second-order valence-electron chi connectivity index (χ2n) is 1.95. The molecule has 0 aromatic rings. The van der Waals surface area contributed by atoms with Crippen LogP contribution < -0.4 is 0 Å². The zero-order valence-corrected chi connectivity index (χ0v) is 8.17. The first-order valence-electron chi connectivity index (χ1n) is 3.25. The topological polar surface area (TPSA) is 61.8 Å². The summed E-state index contributed by atoms with van der Waals surface area (Å²) >= 11 is 0. The number of carbonyl (C=O) groups excluding carboxylic acids is 1. The first kappa shape index (κ1) is 11.5. The van der Waals surface area contributed by atoms with Crippen molar-refractivity contribution < 1.29 is 23.4 Å². The lowest BCUT2D eigenvalue weighted by Crippen LogP contribution is -2.26. The van der Waals surface area contributed by atoms with Gasteiger partial charge in [-0.25, -0.2) is 4.79 Å². The molecule has 6 heteroatoms. The van der Waals surface area contributed by atoms with E-state index in [1.54, 1.807) is 0 Å². The van der Waals surface area contributed by atoms with Gasteiger partial charge in [0.2, 0.25) is 12.3 Å². The quantitative estimate of drug-likeness (QED) is 0.474. The fraction of sp³-hybridized carbons (Fsp3) is 0.833. The summed E-state index contributed by atoms with van der Waals surface area (Å²) < 4.78 is 24.5. The summed E-state index contributed by atoms with van der Waals surface area (Å²) in [6.07, 6.45) is -0.784. The van der Waals surface area contributed by atoms with Gasteiger partial charge < -0.3 is 9.47 Å². The molecule has 0 aromatic heterocycles. The highest BCUT2D eigenvalue weighted by Crippen LogP contribution is 2.22. The Morgan fingerprint density at radius 3 is 2.33 bits per heavy atom. The molecular formula is C6H12O5P+. The third kappa shape index (κ3) is 3.76. The Bertz CT molecular complexity index is 169. The Balaban J connectivity index is 3.99. The highest BCUT2D eigenvalue weighted by molar-refractivity contribution is 7.39. The van der Waals surface area contributed by atoms with Crippen molar-refractivity contribution in [1.29, 1.82) is 0 Å². The van der Waals surface area contributed by atoms with Crippen LogP contribution >= 0.6 is 8.03 Å². The maximum atomic E-state index is 10.9. The van der Waals surface area contributed by atoms with Crippen LogP contribution in [0, 0.1) is 0 Å². The molecular weight excluding hydrogens is 183 g/mol. The van der Waals surface area contributed by atoms with Gasteiger partial charge in [-0.3, -0.25) is 0 Å². The van der Waals surface area contributed by atoms with Gasteiger partial charge in [0.15, 0.2) is 0 Å². The van der Waals surface area contributed by atoms with Gasteiger partial charge in [-0.2, -0.15) is 0 Å². The Morgan fingerprint density at radius 2 is 2.00 bits per heavy atom. The summed E-state index contributed by atoms with van der Waals surface area (Å²) in [7, 11) is 2.06. The van der Waals surface area contributed by atoms with E-state index < -0.39 is 20.1 Å². The lowest BCUT2D eigenvalue weighted by Gasteiger charge is -2.05. The molecule has 0 aliphatic heterocycles. The molecule has 0 aliphatic carbocycles. The van der Waals surface area contributed by atoms with E-state index in [4.69, 9.17) is 4.74 Å². The van der Waals surface area contributed by atoms with Crippen LogP contribution in [0.3, 0.4) is 0 Å². The molecule has 0 N–H and O–H groups in total. The highest BCUT2D eigenvalue weighted by atomic mass is 31.1. The molecule has 0 radical (unpaired) electrons. The molecule has 0 rings (SSSR count). The van der Waals surface area contributed by atoms with Crippen molar-refractivity contribution in [3.63, 3.8) is 0 Å². The molecule has 12 heavy (non-hydrogen) atoms. The summed E-state index contributed by atoms with van der Waals surface area (Å²) in [6, 6.07) is 0. The van der Waals surface area contributed by atoms with E-state index in [1.165, 1.54) is 21.3 Å².